The monoisotopic (exact) mass is 1250 g/mol. The molecule has 25 heteroatoms. The second-order valence-electron chi connectivity index (χ2n) is 19.9. The first-order valence-electron chi connectivity index (χ1n) is 28.4. The van der Waals surface area contributed by atoms with Gasteiger partial charge in [0.25, 0.3) is 0 Å². The maximum atomic E-state index is 8.58. The molecule has 6 N–H and O–H groups in total. The molecule has 0 amide bonds. The van der Waals surface area contributed by atoms with Crippen molar-refractivity contribution in [2.75, 3.05) is 57.3 Å². The van der Waals surface area contributed by atoms with Crippen LogP contribution in [0, 0.1) is 0 Å². The Hall–Kier alpha value is -8.64. The highest BCUT2D eigenvalue weighted by Crippen LogP contribution is 2.33. The quantitative estimate of drug-likeness (QED) is 0.0277. The SMILES string of the molecule is CC(C)n1cnc2c(Cl)nc(Cl)nc21.CCN(CC)CC.COc1ccccc1N.COc1ccccc1Nc1nc(-c2ccccc2)nc2c1ncn2C(C)C.COc1ccccc1Nc1nc(Cl)nc2c1ncn2C(C)C.OB(O)c1ccccc1. The van der Waals surface area contributed by atoms with E-state index in [1.165, 1.54) is 19.6 Å². The Morgan fingerprint density at radius 2 is 0.875 bits per heavy atom. The Morgan fingerprint density at radius 1 is 0.489 bits per heavy atom. The number of nitrogens with one attached hydrogen (secondary N) is 2. The molecule has 6 heterocycles. The molecule has 462 valence electrons. The van der Waals surface area contributed by atoms with Crippen LogP contribution < -0.4 is 36.0 Å². The summed E-state index contributed by atoms with van der Waals surface area (Å²) in [4.78, 5) is 41.5. The third kappa shape index (κ3) is 18.7. The first kappa shape index (κ1) is 68.5. The number of anilines is 5. The van der Waals surface area contributed by atoms with Crippen LogP contribution in [-0.4, -0.2) is 122 Å². The third-order valence-electron chi connectivity index (χ3n) is 13.2. The number of aromatic nitrogens is 12. The van der Waals surface area contributed by atoms with E-state index >= 15 is 0 Å². The number of benzene rings is 5. The Labute approximate surface area is 529 Å². The number of rotatable bonds is 15. The summed E-state index contributed by atoms with van der Waals surface area (Å²) in [7, 11) is 3.53. The predicted molar refractivity (Wildman–Crippen MR) is 357 cm³/mol. The average Bonchev–Trinajstić information content (AvgIpc) is 2.38. The molecule has 0 spiro atoms. The summed E-state index contributed by atoms with van der Waals surface area (Å²) in [6.45, 7) is 22.5. The molecule has 0 aliphatic carbocycles. The van der Waals surface area contributed by atoms with Gasteiger partial charge in [0, 0.05) is 23.7 Å². The van der Waals surface area contributed by atoms with Gasteiger partial charge >= 0.3 is 7.12 Å². The minimum atomic E-state index is -1.34. The number of nitrogens with two attached hydrogens (primary N) is 1. The Morgan fingerprint density at radius 3 is 1.28 bits per heavy atom. The van der Waals surface area contributed by atoms with E-state index in [4.69, 9.17) is 74.8 Å². The van der Waals surface area contributed by atoms with Crippen molar-refractivity contribution >= 4 is 110 Å². The molecular weight excluding hydrogens is 1180 g/mol. The zero-order valence-electron chi connectivity index (χ0n) is 51.5. The van der Waals surface area contributed by atoms with Crippen molar-refractivity contribution in [1.29, 1.82) is 0 Å². The smallest absolute Gasteiger partial charge is 0.488 e. The summed E-state index contributed by atoms with van der Waals surface area (Å²) in [5, 5.41) is 24.4. The summed E-state index contributed by atoms with van der Waals surface area (Å²) in [6.07, 6.45) is 5.24. The lowest BCUT2D eigenvalue weighted by Gasteiger charge is -2.13. The van der Waals surface area contributed by atoms with Crippen LogP contribution in [-0.2, 0) is 0 Å². The van der Waals surface area contributed by atoms with Gasteiger partial charge in [0.15, 0.2) is 50.6 Å². The van der Waals surface area contributed by atoms with Crippen LogP contribution in [0.5, 0.6) is 17.2 Å². The van der Waals surface area contributed by atoms with Crippen molar-refractivity contribution in [3.05, 3.63) is 168 Å². The van der Waals surface area contributed by atoms with Gasteiger partial charge < -0.3 is 59.2 Å². The zero-order chi connectivity index (χ0) is 63.9. The van der Waals surface area contributed by atoms with Gasteiger partial charge in [0.05, 0.1) is 57.4 Å². The maximum absolute atomic E-state index is 8.58. The maximum Gasteiger partial charge on any atom is 0.488 e. The average molecular weight is 1250 g/mol. The van der Waals surface area contributed by atoms with Gasteiger partial charge in [-0.2, -0.15) is 15.0 Å². The Balaban J connectivity index is 0.000000181. The van der Waals surface area contributed by atoms with Crippen LogP contribution in [0.15, 0.2) is 152 Å². The molecule has 11 aromatic rings. The van der Waals surface area contributed by atoms with Crippen LogP contribution in [0.25, 0.3) is 44.9 Å². The van der Waals surface area contributed by atoms with Crippen molar-refractivity contribution in [2.45, 2.75) is 80.4 Å². The summed E-state index contributed by atoms with van der Waals surface area (Å²) in [5.74, 6) is 4.06. The van der Waals surface area contributed by atoms with Gasteiger partial charge in [0.2, 0.25) is 10.6 Å². The second-order valence-corrected chi connectivity index (χ2v) is 21.0. The number of para-hydroxylation sites is 6. The molecule has 0 bridgehead atoms. The lowest BCUT2D eigenvalue weighted by atomic mass is 9.81. The molecule has 0 unspecified atom stereocenters. The predicted octanol–water partition coefficient (Wildman–Crippen LogP) is 13.3. The lowest BCUT2D eigenvalue weighted by Crippen LogP contribution is -2.29. The standard InChI is InChI=1S/C21H21N5O.C15H16ClN5O.C8H8Cl2N4.C7H9NO.C6H7BO2.C6H15N/c1-14(2)26-13-22-18-20(23-16-11-7-8-12-17(16)27-3)24-19(25-21(18)26)15-9-5-4-6-10-15;1-9(2)21-8-17-12-13(19-15(16)20-14(12)21)18-10-6-4-5-7-11(10)22-3;1-4(2)14-3-11-5-6(9)12-8(10)13-7(5)14;1-9-7-5-3-2-4-6(7)8;8-7(9)6-4-2-1-3-5-6;1-4-7(5-2)6-3/h4-14H,1-3H3,(H,23,24,25);4-9H,1-3H3,(H,18,19,20);3-4H,1-2H3;2-5H,8H2,1H3;1-5,8-9H;4-6H2,1-3H3. The second kappa shape index (κ2) is 34.1. The van der Waals surface area contributed by atoms with Crippen molar-refractivity contribution in [3.8, 4) is 28.6 Å². The molecule has 0 aliphatic heterocycles. The summed E-state index contributed by atoms with van der Waals surface area (Å²) in [6, 6.07) is 42.1. The van der Waals surface area contributed by atoms with Gasteiger partial charge in [0.1, 0.15) is 22.8 Å². The highest BCUT2D eigenvalue weighted by atomic mass is 35.5. The number of nitrogens with zero attached hydrogens (tertiary/aromatic N) is 13. The van der Waals surface area contributed by atoms with E-state index in [9.17, 15) is 0 Å². The minimum Gasteiger partial charge on any atom is -0.495 e. The molecule has 5 aromatic carbocycles. The summed E-state index contributed by atoms with van der Waals surface area (Å²) in [5.41, 5.74) is 13.5. The molecule has 88 heavy (non-hydrogen) atoms. The van der Waals surface area contributed by atoms with Crippen molar-refractivity contribution in [1.82, 2.24) is 63.5 Å². The van der Waals surface area contributed by atoms with Crippen molar-refractivity contribution in [3.63, 3.8) is 0 Å². The molecule has 0 atom stereocenters. The number of nitrogen functional groups attached to an aromatic ring is 1. The van der Waals surface area contributed by atoms with E-state index in [1.807, 2.05) is 132 Å². The van der Waals surface area contributed by atoms with Crippen LogP contribution in [0.1, 0.15) is 80.4 Å². The number of hydrogen-bond acceptors (Lipinski definition) is 18. The molecule has 0 fully saturated rings. The highest BCUT2D eigenvalue weighted by molar-refractivity contribution is 6.58. The van der Waals surface area contributed by atoms with E-state index < -0.39 is 7.12 Å². The molecule has 0 saturated carbocycles. The number of methoxy groups -OCH3 is 3. The minimum absolute atomic E-state index is 0.143. The number of hydrogen-bond donors (Lipinski definition) is 5. The zero-order valence-corrected chi connectivity index (χ0v) is 53.8. The normalized spacial score (nSPS) is 10.7. The van der Waals surface area contributed by atoms with Crippen LogP contribution >= 0.6 is 34.8 Å². The van der Waals surface area contributed by atoms with Crippen LogP contribution in [0.2, 0.25) is 15.7 Å². The van der Waals surface area contributed by atoms with Crippen LogP contribution in [0.4, 0.5) is 28.7 Å². The molecular formula is C63H76BCl3N16O5. The van der Waals surface area contributed by atoms with E-state index in [0.29, 0.717) is 61.8 Å². The van der Waals surface area contributed by atoms with Gasteiger partial charge in [-0.05, 0) is 126 Å². The lowest BCUT2D eigenvalue weighted by molar-refractivity contribution is 0.321. The third-order valence-corrected chi connectivity index (χ3v) is 13.8. The highest BCUT2D eigenvalue weighted by Gasteiger charge is 2.19. The fourth-order valence-electron chi connectivity index (χ4n) is 8.40. The van der Waals surface area contributed by atoms with Crippen molar-refractivity contribution in [2.24, 2.45) is 0 Å². The summed E-state index contributed by atoms with van der Waals surface area (Å²) < 4.78 is 21.6. The van der Waals surface area contributed by atoms with Gasteiger partial charge in [-0.1, -0.05) is 129 Å². The van der Waals surface area contributed by atoms with E-state index in [0.717, 1.165) is 39.6 Å². The van der Waals surface area contributed by atoms with E-state index in [-0.39, 0.29) is 28.7 Å². The van der Waals surface area contributed by atoms with E-state index in [2.05, 4.69) is 103 Å². The molecule has 0 aliphatic rings. The van der Waals surface area contributed by atoms with Gasteiger partial charge in [-0.25, -0.2) is 29.9 Å². The first-order chi connectivity index (χ1) is 42.4. The molecule has 11 rings (SSSR count). The van der Waals surface area contributed by atoms with E-state index in [1.54, 1.807) is 64.3 Å². The summed E-state index contributed by atoms with van der Waals surface area (Å²) >= 11 is 17.6. The Bertz CT molecular complexity index is 3900. The first-order valence-corrected chi connectivity index (χ1v) is 29.6. The number of ether oxygens (including phenoxy) is 3. The Kier molecular flexibility index (Phi) is 26.5. The number of fused-ring (bicyclic) bond motifs is 3. The molecule has 0 radical (unpaired) electrons. The fraction of sp³-hybridized carbons (Fsp3) is 0.286. The number of halogens is 3. The van der Waals surface area contributed by atoms with Crippen LogP contribution in [0.3, 0.4) is 0 Å². The van der Waals surface area contributed by atoms with Gasteiger partial charge in [-0.3, -0.25) is 0 Å². The van der Waals surface area contributed by atoms with Gasteiger partial charge in [-0.15, -0.1) is 0 Å². The molecule has 6 aromatic heterocycles. The molecule has 21 nitrogen and oxygen atoms in total. The fourth-order valence-corrected chi connectivity index (χ4v) is 8.99. The van der Waals surface area contributed by atoms with Crippen molar-refractivity contribution < 1.29 is 24.3 Å². The topological polar surface area (TPSA) is 252 Å². The molecule has 0 saturated heterocycles. The number of imidazole rings is 3. The largest absolute Gasteiger partial charge is 0.495 e.